The maximum atomic E-state index is 12.5. The smallest absolute Gasteiger partial charge is 0.228 e. The summed E-state index contributed by atoms with van der Waals surface area (Å²) in [7, 11) is 0. The van der Waals surface area contributed by atoms with Crippen LogP contribution in [0.25, 0.3) is 22.4 Å². The van der Waals surface area contributed by atoms with Crippen LogP contribution < -0.4 is 5.32 Å². The Morgan fingerprint density at radius 2 is 1.79 bits per heavy atom. The minimum Gasteiger partial charge on any atom is -0.338 e. The molecule has 4 aromatic rings. The number of rotatable bonds is 5. The van der Waals surface area contributed by atoms with Gasteiger partial charge in [-0.3, -0.25) is 4.79 Å². The minimum atomic E-state index is -0.0287. The first-order valence-electron chi connectivity index (χ1n) is 9.52. The van der Waals surface area contributed by atoms with E-state index >= 15 is 0 Å². The van der Waals surface area contributed by atoms with Gasteiger partial charge in [0.25, 0.3) is 0 Å². The van der Waals surface area contributed by atoms with Crippen molar-refractivity contribution >= 4 is 22.6 Å². The van der Waals surface area contributed by atoms with E-state index in [-0.39, 0.29) is 5.91 Å². The second-order valence-corrected chi connectivity index (χ2v) is 7.30. The maximum absolute atomic E-state index is 12.5. The Bertz CT molecular complexity index is 1080. The Hall–Kier alpha value is -3.40. The fourth-order valence-corrected chi connectivity index (χ4v) is 3.24. The molecule has 4 nitrogen and oxygen atoms in total. The molecule has 0 unspecified atom stereocenters. The van der Waals surface area contributed by atoms with Crippen LogP contribution in [0.4, 0.5) is 5.69 Å². The SMILES string of the molecule is CC(C)c1ccc(CC(=O)Nc2cccc(-c3nc4ccccc4[nH]3)c2)cc1. The molecule has 1 aromatic heterocycles. The lowest BCUT2D eigenvalue weighted by atomic mass is 10.0. The number of amides is 1. The number of benzene rings is 3. The van der Waals surface area contributed by atoms with E-state index in [0.717, 1.165) is 33.7 Å². The first-order chi connectivity index (χ1) is 13.6. The molecular weight excluding hydrogens is 346 g/mol. The van der Waals surface area contributed by atoms with Gasteiger partial charge in [-0.15, -0.1) is 0 Å². The van der Waals surface area contributed by atoms with Crippen LogP contribution in [0.1, 0.15) is 30.9 Å². The van der Waals surface area contributed by atoms with Crippen molar-refractivity contribution in [2.24, 2.45) is 0 Å². The highest BCUT2D eigenvalue weighted by Crippen LogP contribution is 2.23. The Labute approximate surface area is 164 Å². The first-order valence-corrected chi connectivity index (χ1v) is 9.52. The number of H-pyrrole nitrogens is 1. The Morgan fingerprint density at radius 3 is 2.54 bits per heavy atom. The number of imidazole rings is 1. The van der Waals surface area contributed by atoms with Crippen molar-refractivity contribution in [3.63, 3.8) is 0 Å². The van der Waals surface area contributed by atoms with E-state index in [4.69, 9.17) is 0 Å². The number of aromatic amines is 1. The predicted molar refractivity (Wildman–Crippen MR) is 114 cm³/mol. The van der Waals surface area contributed by atoms with Crippen LogP contribution in [-0.2, 0) is 11.2 Å². The topological polar surface area (TPSA) is 57.8 Å². The molecule has 0 aliphatic carbocycles. The molecule has 0 saturated heterocycles. The van der Waals surface area contributed by atoms with Gasteiger partial charge in [-0.05, 0) is 41.3 Å². The van der Waals surface area contributed by atoms with Gasteiger partial charge in [0.05, 0.1) is 17.5 Å². The molecule has 0 aliphatic heterocycles. The molecule has 0 spiro atoms. The van der Waals surface area contributed by atoms with Crippen molar-refractivity contribution in [2.45, 2.75) is 26.2 Å². The lowest BCUT2D eigenvalue weighted by Gasteiger charge is -2.08. The van der Waals surface area contributed by atoms with Gasteiger partial charge in [0, 0.05) is 11.3 Å². The summed E-state index contributed by atoms with van der Waals surface area (Å²) < 4.78 is 0. The molecule has 1 heterocycles. The maximum Gasteiger partial charge on any atom is 0.228 e. The lowest BCUT2D eigenvalue weighted by Crippen LogP contribution is -2.14. The zero-order valence-corrected chi connectivity index (χ0v) is 16.1. The van der Waals surface area contributed by atoms with E-state index < -0.39 is 0 Å². The Kier molecular flexibility index (Phi) is 4.94. The van der Waals surface area contributed by atoms with Gasteiger partial charge in [0.2, 0.25) is 5.91 Å². The van der Waals surface area contributed by atoms with Crippen LogP contribution in [-0.4, -0.2) is 15.9 Å². The van der Waals surface area contributed by atoms with Gasteiger partial charge in [0.1, 0.15) is 5.82 Å². The normalized spacial score (nSPS) is 11.1. The number of carbonyl (C=O) groups is 1. The number of para-hydroxylation sites is 2. The summed E-state index contributed by atoms with van der Waals surface area (Å²) in [5.41, 5.74) is 5.92. The van der Waals surface area contributed by atoms with Gasteiger partial charge < -0.3 is 10.3 Å². The van der Waals surface area contributed by atoms with Crippen LogP contribution in [0, 0.1) is 0 Å². The molecule has 0 bridgehead atoms. The molecule has 4 heteroatoms. The van der Waals surface area contributed by atoms with Crippen molar-refractivity contribution in [1.29, 1.82) is 0 Å². The standard InChI is InChI=1S/C24H23N3O/c1-16(2)18-12-10-17(11-13-18)14-23(28)25-20-7-5-6-19(15-20)24-26-21-8-3-4-9-22(21)27-24/h3-13,15-16H,14H2,1-2H3,(H,25,28)(H,26,27). The molecule has 0 fully saturated rings. The molecule has 140 valence electrons. The van der Waals surface area contributed by atoms with Crippen LogP contribution in [0.2, 0.25) is 0 Å². The van der Waals surface area contributed by atoms with Gasteiger partial charge in [-0.2, -0.15) is 0 Å². The van der Waals surface area contributed by atoms with E-state index in [2.05, 4.69) is 41.3 Å². The second-order valence-electron chi connectivity index (χ2n) is 7.30. The molecule has 0 aliphatic rings. The molecule has 0 saturated carbocycles. The zero-order valence-electron chi connectivity index (χ0n) is 16.1. The fourth-order valence-electron chi connectivity index (χ4n) is 3.24. The highest BCUT2D eigenvalue weighted by molar-refractivity contribution is 5.93. The lowest BCUT2D eigenvalue weighted by molar-refractivity contribution is -0.115. The number of anilines is 1. The van der Waals surface area contributed by atoms with Gasteiger partial charge in [-0.1, -0.05) is 62.4 Å². The number of carbonyl (C=O) groups excluding carboxylic acids is 1. The van der Waals surface area contributed by atoms with Crippen LogP contribution >= 0.6 is 0 Å². The minimum absolute atomic E-state index is 0.0287. The third kappa shape index (κ3) is 3.96. The third-order valence-corrected chi connectivity index (χ3v) is 4.82. The van der Waals surface area contributed by atoms with Crippen molar-refractivity contribution < 1.29 is 4.79 Å². The zero-order chi connectivity index (χ0) is 19.5. The number of nitrogens with one attached hydrogen (secondary N) is 2. The average Bonchev–Trinajstić information content (AvgIpc) is 3.13. The van der Waals surface area contributed by atoms with E-state index in [1.165, 1.54) is 5.56 Å². The summed E-state index contributed by atoms with van der Waals surface area (Å²) >= 11 is 0. The number of hydrogen-bond acceptors (Lipinski definition) is 2. The first kappa shape index (κ1) is 18.0. The molecule has 0 atom stereocenters. The van der Waals surface area contributed by atoms with Crippen molar-refractivity contribution in [1.82, 2.24) is 9.97 Å². The van der Waals surface area contributed by atoms with Crippen LogP contribution in [0.5, 0.6) is 0 Å². The predicted octanol–water partition coefficient (Wildman–Crippen LogP) is 5.53. The van der Waals surface area contributed by atoms with Gasteiger partial charge >= 0.3 is 0 Å². The summed E-state index contributed by atoms with van der Waals surface area (Å²) in [6.45, 7) is 4.33. The summed E-state index contributed by atoms with van der Waals surface area (Å²) in [4.78, 5) is 20.4. The quantitative estimate of drug-likeness (QED) is 0.486. The summed E-state index contributed by atoms with van der Waals surface area (Å²) in [6.07, 6.45) is 0.354. The number of nitrogens with zero attached hydrogens (tertiary/aromatic N) is 1. The molecule has 1 amide bonds. The van der Waals surface area contributed by atoms with Crippen LogP contribution in [0.3, 0.4) is 0 Å². The summed E-state index contributed by atoms with van der Waals surface area (Å²) in [5, 5.41) is 2.99. The average molecular weight is 369 g/mol. The van der Waals surface area contributed by atoms with Crippen molar-refractivity contribution in [3.05, 3.63) is 83.9 Å². The highest BCUT2D eigenvalue weighted by Gasteiger charge is 2.08. The number of hydrogen-bond donors (Lipinski definition) is 2. The monoisotopic (exact) mass is 369 g/mol. The molecule has 4 rings (SSSR count). The summed E-state index contributed by atoms with van der Waals surface area (Å²) in [5.74, 6) is 1.25. The highest BCUT2D eigenvalue weighted by atomic mass is 16.1. The number of aromatic nitrogens is 2. The molecule has 2 N–H and O–H groups in total. The van der Waals surface area contributed by atoms with Crippen molar-refractivity contribution in [2.75, 3.05) is 5.32 Å². The van der Waals surface area contributed by atoms with E-state index in [1.54, 1.807) is 0 Å². The molecular formula is C24H23N3O. The van der Waals surface area contributed by atoms with E-state index in [1.807, 2.05) is 60.7 Å². The molecule has 28 heavy (non-hydrogen) atoms. The van der Waals surface area contributed by atoms with Gasteiger partial charge in [0.15, 0.2) is 0 Å². The second kappa shape index (κ2) is 7.69. The van der Waals surface area contributed by atoms with Crippen molar-refractivity contribution in [3.8, 4) is 11.4 Å². The third-order valence-electron chi connectivity index (χ3n) is 4.82. The largest absolute Gasteiger partial charge is 0.338 e. The van der Waals surface area contributed by atoms with E-state index in [0.29, 0.717) is 12.3 Å². The van der Waals surface area contributed by atoms with E-state index in [9.17, 15) is 4.79 Å². The van der Waals surface area contributed by atoms with Gasteiger partial charge in [-0.25, -0.2) is 4.98 Å². The van der Waals surface area contributed by atoms with Crippen LogP contribution in [0.15, 0.2) is 72.8 Å². The number of fused-ring (bicyclic) bond motifs is 1. The summed E-state index contributed by atoms with van der Waals surface area (Å²) in [6, 6.07) is 23.9. The molecule has 0 radical (unpaired) electrons. The fraction of sp³-hybridized carbons (Fsp3) is 0.167. The Balaban J connectivity index is 1.47. The molecule has 3 aromatic carbocycles. The Morgan fingerprint density at radius 1 is 1.00 bits per heavy atom.